The SMILES string of the molecule is CCn1ncc(Br)c1C(=O)Nc1ncn(Cc2ccc(F)cc2Cl)n1. The summed E-state index contributed by atoms with van der Waals surface area (Å²) in [5.74, 6) is -0.624. The Morgan fingerprint density at radius 1 is 1.44 bits per heavy atom. The van der Waals surface area contributed by atoms with E-state index in [9.17, 15) is 9.18 Å². The molecule has 0 fully saturated rings. The number of rotatable bonds is 5. The third-order valence-corrected chi connectivity index (χ3v) is 4.35. The standard InChI is InChI=1S/C15H13BrClFN6O/c1-2-24-13(11(16)6-20-24)14(25)21-15-19-8-23(22-15)7-9-3-4-10(18)5-12(9)17/h3-6,8H,2,7H2,1H3,(H,21,22,25). The summed E-state index contributed by atoms with van der Waals surface area (Å²) in [5.41, 5.74) is 1.08. The summed E-state index contributed by atoms with van der Waals surface area (Å²) in [6.45, 7) is 2.74. The molecule has 0 aliphatic rings. The summed E-state index contributed by atoms with van der Waals surface area (Å²) in [5, 5.41) is 11.2. The fraction of sp³-hybridized carbons (Fsp3) is 0.200. The topological polar surface area (TPSA) is 77.6 Å². The van der Waals surface area contributed by atoms with E-state index < -0.39 is 5.82 Å². The van der Waals surface area contributed by atoms with Gasteiger partial charge < -0.3 is 0 Å². The number of nitrogens with zero attached hydrogens (tertiary/aromatic N) is 5. The maximum atomic E-state index is 13.1. The van der Waals surface area contributed by atoms with Crippen molar-refractivity contribution < 1.29 is 9.18 Å². The minimum Gasteiger partial charge on any atom is -0.288 e. The Morgan fingerprint density at radius 3 is 2.96 bits per heavy atom. The second-order valence-electron chi connectivity index (χ2n) is 5.11. The van der Waals surface area contributed by atoms with Crippen LogP contribution in [-0.4, -0.2) is 30.5 Å². The number of anilines is 1. The van der Waals surface area contributed by atoms with Crippen molar-refractivity contribution in [3.05, 3.63) is 57.3 Å². The van der Waals surface area contributed by atoms with Gasteiger partial charge in [-0.05, 0) is 40.5 Å². The van der Waals surface area contributed by atoms with Gasteiger partial charge in [0.15, 0.2) is 0 Å². The van der Waals surface area contributed by atoms with Crippen LogP contribution in [0.3, 0.4) is 0 Å². The lowest BCUT2D eigenvalue weighted by atomic mass is 10.2. The number of hydrogen-bond donors (Lipinski definition) is 1. The number of carbonyl (C=O) groups is 1. The highest BCUT2D eigenvalue weighted by molar-refractivity contribution is 9.10. The monoisotopic (exact) mass is 426 g/mol. The highest BCUT2D eigenvalue weighted by atomic mass is 79.9. The van der Waals surface area contributed by atoms with Gasteiger partial charge in [0, 0.05) is 11.6 Å². The molecule has 0 unspecified atom stereocenters. The molecule has 0 aliphatic heterocycles. The van der Waals surface area contributed by atoms with Gasteiger partial charge >= 0.3 is 0 Å². The molecule has 10 heteroatoms. The second-order valence-corrected chi connectivity index (χ2v) is 6.37. The number of nitrogens with one attached hydrogen (secondary N) is 1. The average Bonchev–Trinajstić information content (AvgIpc) is 3.16. The van der Waals surface area contributed by atoms with Crippen LogP contribution in [0.1, 0.15) is 23.0 Å². The van der Waals surface area contributed by atoms with Crippen molar-refractivity contribution in [2.45, 2.75) is 20.0 Å². The molecule has 0 spiro atoms. The van der Waals surface area contributed by atoms with Crippen LogP contribution in [0.25, 0.3) is 0 Å². The molecule has 0 atom stereocenters. The van der Waals surface area contributed by atoms with Crippen LogP contribution in [-0.2, 0) is 13.1 Å². The fourth-order valence-electron chi connectivity index (χ4n) is 2.24. The van der Waals surface area contributed by atoms with Gasteiger partial charge in [-0.2, -0.15) is 5.10 Å². The summed E-state index contributed by atoms with van der Waals surface area (Å²) in [7, 11) is 0. The molecule has 1 aromatic carbocycles. The molecule has 130 valence electrons. The Balaban J connectivity index is 1.73. The van der Waals surface area contributed by atoms with Crippen LogP contribution < -0.4 is 5.32 Å². The minimum atomic E-state index is -0.404. The van der Waals surface area contributed by atoms with E-state index in [1.807, 2.05) is 6.92 Å². The number of aromatic nitrogens is 5. The normalized spacial score (nSPS) is 10.9. The van der Waals surface area contributed by atoms with Crippen molar-refractivity contribution in [3.63, 3.8) is 0 Å². The van der Waals surface area contributed by atoms with E-state index in [1.165, 1.54) is 23.1 Å². The Hall–Kier alpha value is -2.26. The highest BCUT2D eigenvalue weighted by Crippen LogP contribution is 2.19. The summed E-state index contributed by atoms with van der Waals surface area (Å²) < 4.78 is 16.7. The third-order valence-electron chi connectivity index (χ3n) is 3.42. The maximum absolute atomic E-state index is 13.1. The van der Waals surface area contributed by atoms with Gasteiger partial charge in [0.05, 0.1) is 17.2 Å². The van der Waals surface area contributed by atoms with Crippen LogP contribution in [0.15, 0.2) is 35.2 Å². The Labute approximate surface area is 155 Å². The smallest absolute Gasteiger partial charge is 0.277 e. The summed E-state index contributed by atoms with van der Waals surface area (Å²) in [6.07, 6.45) is 3.02. The van der Waals surface area contributed by atoms with Crippen LogP contribution in [0.2, 0.25) is 5.02 Å². The third kappa shape index (κ3) is 3.88. The predicted octanol–water partition coefficient (Wildman–Crippen LogP) is 3.35. The Morgan fingerprint density at radius 2 is 2.24 bits per heavy atom. The van der Waals surface area contributed by atoms with Crippen molar-refractivity contribution in [1.82, 2.24) is 24.5 Å². The summed E-state index contributed by atoms with van der Waals surface area (Å²) in [4.78, 5) is 16.4. The molecule has 0 aliphatic carbocycles. The first-order valence-electron chi connectivity index (χ1n) is 7.34. The van der Waals surface area contributed by atoms with Crippen LogP contribution >= 0.6 is 27.5 Å². The molecule has 1 amide bonds. The van der Waals surface area contributed by atoms with Gasteiger partial charge in [0.2, 0.25) is 5.95 Å². The molecule has 0 radical (unpaired) electrons. The number of hydrogen-bond acceptors (Lipinski definition) is 4. The van der Waals surface area contributed by atoms with E-state index in [-0.39, 0.29) is 11.9 Å². The van der Waals surface area contributed by atoms with Crippen LogP contribution in [0.4, 0.5) is 10.3 Å². The molecule has 2 heterocycles. The average molecular weight is 428 g/mol. The Kier molecular flexibility index (Phi) is 5.14. The predicted molar refractivity (Wildman–Crippen MR) is 94.1 cm³/mol. The molecular formula is C15H13BrClFN6O. The van der Waals surface area contributed by atoms with E-state index in [2.05, 4.69) is 36.4 Å². The Bertz CT molecular complexity index is 925. The minimum absolute atomic E-state index is 0.152. The molecule has 3 aromatic rings. The zero-order valence-corrected chi connectivity index (χ0v) is 15.4. The molecule has 1 N–H and O–H groups in total. The number of aryl methyl sites for hydroxylation is 1. The number of halogens is 3. The van der Waals surface area contributed by atoms with E-state index in [0.717, 1.165) is 0 Å². The lowest BCUT2D eigenvalue weighted by Gasteiger charge is -2.05. The van der Waals surface area contributed by atoms with Gasteiger partial charge in [-0.3, -0.25) is 14.8 Å². The quantitative estimate of drug-likeness (QED) is 0.677. The molecule has 7 nitrogen and oxygen atoms in total. The van der Waals surface area contributed by atoms with Gasteiger partial charge in [0.1, 0.15) is 17.8 Å². The van der Waals surface area contributed by atoms with E-state index in [4.69, 9.17) is 11.6 Å². The van der Waals surface area contributed by atoms with Crippen molar-refractivity contribution in [2.75, 3.05) is 5.32 Å². The van der Waals surface area contributed by atoms with Crippen molar-refractivity contribution in [2.24, 2.45) is 0 Å². The van der Waals surface area contributed by atoms with E-state index >= 15 is 0 Å². The van der Waals surface area contributed by atoms with Crippen LogP contribution in [0, 0.1) is 5.82 Å². The molecule has 3 rings (SSSR count). The maximum Gasteiger partial charge on any atom is 0.277 e. The number of carbonyl (C=O) groups excluding carboxylic acids is 1. The van der Waals surface area contributed by atoms with Gasteiger partial charge in [-0.25, -0.2) is 14.1 Å². The largest absolute Gasteiger partial charge is 0.288 e. The number of benzene rings is 1. The first kappa shape index (κ1) is 17.6. The highest BCUT2D eigenvalue weighted by Gasteiger charge is 2.18. The summed E-state index contributed by atoms with van der Waals surface area (Å²) in [6, 6.07) is 4.14. The molecule has 2 aromatic heterocycles. The lowest BCUT2D eigenvalue weighted by Crippen LogP contribution is -2.19. The summed E-state index contributed by atoms with van der Waals surface area (Å²) >= 11 is 9.30. The molecule has 0 bridgehead atoms. The van der Waals surface area contributed by atoms with Crippen molar-refractivity contribution in [3.8, 4) is 0 Å². The van der Waals surface area contributed by atoms with Crippen molar-refractivity contribution in [1.29, 1.82) is 0 Å². The molecule has 25 heavy (non-hydrogen) atoms. The first-order chi connectivity index (χ1) is 12.0. The molecule has 0 saturated carbocycles. The first-order valence-corrected chi connectivity index (χ1v) is 8.51. The van der Waals surface area contributed by atoms with Crippen LogP contribution in [0.5, 0.6) is 0 Å². The van der Waals surface area contributed by atoms with Gasteiger partial charge in [-0.1, -0.05) is 17.7 Å². The second kappa shape index (κ2) is 7.32. The van der Waals surface area contributed by atoms with Gasteiger partial charge in [0.25, 0.3) is 5.91 Å². The molecule has 0 saturated heterocycles. The number of amides is 1. The molecular weight excluding hydrogens is 415 g/mol. The van der Waals surface area contributed by atoms with Gasteiger partial charge in [-0.15, -0.1) is 5.10 Å². The van der Waals surface area contributed by atoms with Crippen molar-refractivity contribution >= 4 is 39.4 Å². The lowest BCUT2D eigenvalue weighted by molar-refractivity contribution is 0.101. The zero-order chi connectivity index (χ0) is 18.0. The zero-order valence-electron chi connectivity index (χ0n) is 13.1. The van der Waals surface area contributed by atoms with E-state index in [0.29, 0.717) is 33.8 Å². The fourth-order valence-corrected chi connectivity index (χ4v) is 2.94. The van der Waals surface area contributed by atoms with E-state index in [1.54, 1.807) is 16.9 Å².